The van der Waals surface area contributed by atoms with Crippen LogP contribution in [-0.2, 0) is 0 Å². The lowest BCUT2D eigenvalue weighted by atomic mass is 10.1. The summed E-state index contributed by atoms with van der Waals surface area (Å²) in [6.45, 7) is 1.32. The summed E-state index contributed by atoms with van der Waals surface area (Å²) < 4.78 is 27.2. The molecule has 4 nitrogen and oxygen atoms in total. The molecule has 0 bridgehead atoms. The van der Waals surface area contributed by atoms with Gasteiger partial charge in [0.25, 0.3) is 0 Å². The lowest BCUT2D eigenvalue weighted by Gasteiger charge is -2.05. The molecular formula is C11H7F2NO3. The van der Waals surface area contributed by atoms with Gasteiger partial charge in [0.05, 0.1) is 10.9 Å². The van der Waals surface area contributed by atoms with Crippen molar-refractivity contribution in [1.29, 1.82) is 0 Å². The Labute approximate surface area is 93.5 Å². The number of halogens is 2. The predicted octanol–water partition coefficient (Wildman–Crippen LogP) is 1.81. The van der Waals surface area contributed by atoms with Crippen LogP contribution in [0.25, 0.3) is 10.9 Å². The highest BCUT2D eigenvalue weighted by Crippen LogP contribution is 2.19. The van der Waals surface area contributed by atoms with E-state index in [4.69, 9.17) is 5.11 Å². The van der Waals surface area contributed by atoms with Gasteiger partial charge in [0.2, 0.25) is 0 Å². The second-order valence-electron chi connectivity index (χ2n) is 3.59. The largest absolute Gasteiger partial charge is 0.477 e. The third-order valence-corrected chi connectivity index (χ3v) is 2.41. The lowest BCUT2D eigenvalue weighted by molar-refractivity contribution is 0.0691. The molecule has 0 atom stereocenters. The number of carboxylic acid groups (broad SMARTS) is 1. The fourth-order valence-electron chi connectivity index (χ4n) is 1.59. The summed E-state index contributed by atoms with van der Waals surface area (Å²) in [7, 11) is 0. The molecule has 1 heterocycles. The first-order valence-electron chi connectivity index (χ1n) is 4.66. The fraction of sp³-hybridized carbons (Fsp3) is 0.0909. The first-order chi connectivity index (χ1) is 7.91. The number of carboxylic acids is 1. The van der Waals surface area contributed by atoms with E-state index in [0.29, 0.717) is 0 Å². The summed E-state index contributed by atoms with van der Waals surface area (Å²) in [4.78, 5) is 24.4. The van der Waals surface area contributed by atoms with Gasteiger partial charge in [-0.25, -0.2) is 13.6 Å². The quantitative estimate of drug-likeness (QED) is 0.797. The second-order valence-corrected chi connectivity index (χ2v) is 3.59. The minimum atomic E-state index is -1.41. The highest BCUT2D eigenvalue weighted by molar-refractivity contribution is 5.90. The average molecular weight is 239 g/mol. The molecule has 0 unspecified atom stereocenters. The molecule has 0 aliphatic rings. The van der Waals surface area contributed by atoms with Crippen molar-refractivity contribution < 1.29 is 18.7 Å². The molecule has 1 aromatic heterocycles. The normalized spacial score (nSPS) is 10.8. The molecule has 0 saturated heterocycles. The van der Waals surface area contributed by atoms with E-state index in [-0.39, 0.29) is 5.56 Å². The number of benzene rings is 1. The van der Waals surface area contributed by atoms with Crippen LogP contribution in [0.4, 0.5) is 8.78 Å². The van der Waals surface area contributed by atoms with Crippen molar-refractivity contribution >= 4 is 16.9 Å². The van der Waals surface area contributed by atoms with Crippen LogP contribution in [0.1, 0.15) is 16.1 Å². The van der Waals surface area contributed by atoms with Crippen LogP contribution in [0.3, 0.4) is 0 Å². The highest BCUT2D eigenvalue weighted by Gasteiger charge is 2.16. The molecule has 2 aromatic rings. The molecule has 0 fully saturated rings. The molecule has 0 saturated carbocycles. The van der Waals surface area contributed by atoms with Gasteiger partial charge in [-0.05, 0) is 18.6 Å². The van der Waals surface area contributed by atoms with Crippen molar-refractivity contribution in [2.24, 2.45) is 0 Å². The van der Waals surface area contributed by atoms with E-state index in [9.17, 15) is 18.4 Å². The number of hydrogen-bond donors (Lipinski definition) is 2. The van der Waals surface area contributed by atoms with Crippen LogP contribution >= 0.6 is 0 Å². The summed E-state index contributed by atoms with van der Waals surface area (Å²) in [5, 5.41) is 8.23. The van der Waals surface area contributed by atoms with Crippen LogP contribution in [0, 0.1) is 18.6 Å². The number of aromatic carboxylic acids is 1. The van der Waals surface area contributed by atoms with Gasteiger partial charge in [-0.2, -0.15) is 0 Å². The highest BCUT2D eigenvalue weighted by atomic mass is 19.1. The fourth-order valence-corrected chi connectivity index (χ4v) is 1.59. The maximum atomic E-state index is 13.6. The summed E-state index contributed by atoms with van der Waals surface area (Å²) in [5.41, 5.74) is -1.79. The third-order valence-electron chi connectivity index (χ3n) is 2.41. The molecular weight excluding hydrogens is 232 g/mol. The number of aromatic amines is 1. The van der Waals surface area contributed by atoms with E-state index < -0.39 is 39.6 Å². The minimum absolute atomic E-state index is 0.0106. The van der Waals surface area contributed by atoms with E-state index in [1.807, 2.05) is 0 Å². The van der Waals surface area contributed by atoms with Gasteiger partial charge in [0.1, 0.15) is 17.3 Å². The van der Waals surface area contributed by atoms with Crippen molar-refractivity contribution in [3.05, 3.63) is 45.2 Å². The zero-order valence-electron chi connectivity index (χ0n) is 8.67. The Hall–Kier alpha value is -2.24. The molecule has 2 N–H and O–H groups in total. The smallest absolute Gasteiger partial charge is 0.352 e. The summed E-state index contributed by atoms with van der Waals surface area (Å²) in [5.74, 6) is -3.12. The van der Waals surface area contributed by atoms with Gasteiger partial charge in [-0.1, -0.05) is 0 Å². The topological polar surface area (TPSA) is 70.2 Å². The number of aryl methyl sites for hydroxylation is 1. The number of carbonyl (C=O) groups is 1. The molecule has 0 aliphatic carbocycles. The Morgan fingerprint density at radius 1 is 1.35 bits per heavy atom. The van der Waals surface area contributed by atoms with Crippen LogP contribution < -0.4 is 5.43 Å². The Bertz CT molecular complexity index is 691. The third kappa shape index (κ3) is 1.67. The van der Waals surface area contributed by atoms with Gasteiger partial charge in [0.15, 0.2) is 5.43 Å². The molecule has 0 spiro atoms. The van der Waals surface area contributed by atoms with Crippen LogP contribution in [0.2, 0.25) is 0 Å². The standard InChI is InChI=1S/C11H7F2NO3/c1-4-2-5(12)10-8(9(4)13)7(15)3-6(14-10)11(16)17/h2-3H,1H3,(H,14,15)(H,16,17). The van der Waals surface area contributed by atoms with Crippen molar-refractivity contribution in [2.75, 3.05) is 0 Å². The lowest BCUT2D eigenvalue weighted by Crippen LogP contribution is -2.12. The Morgan fingerprint density at radius 2 is 2.00 bits per heavy atom. The van der Waals surface area contributed by atoms with E-state index in [1.165, 1.54) is 6.92 Å². The van der Waals surface area contributed by atoms with E-state index >= 15 is 0 Å². The Balaban J connectivity index is 3.01. The summed E-state index contributed by atoms with van der Waals surface area (Å²) in [6, 6.07) is 1.63. The number of H-pyrrole nitrogens is 1. The van der Waals surface area contributed by atoms with Gasteiger partial charge in [-0.3, -0.25) is 4.79 Å². The second kappa shape index (κ2) is 3.65. The summed E-state index contributed by atoms with van der Waals surface area (Å²) >= 11 is 0. The number of aromatic nitrogens is 1. The first-order valence-corrected chi connectivity index (χ1v) is 4.66. The Kier molecular flexibility index (Phi) is 2.42. The number of fused-ring (bicyclic) bond motifs is 1. The van der Waals surface area contributed by atoms with Crippen molar-refractivity contribution in [2.45, 2.75) is 6.92 Å². The first kappa shape index (κ1) is 11.3. The minimum Gasteiger partial charge on any atom is -0.477 e. The Morgan fingerprint density at radius 3 is 2.59 bits per heavy atom. The van der Waals surface area contributed by atoms with E-state index in [1.54, 1.807) is 0 Å². The SMILES string of the molecule is Cc1cc(F)c2[nH]c(C(=O)O)cc(=O)c2c1F. The zero-order valence-corrected chi connectivity index (χ0v) is 8.67. The van der Waals surface area contributed by atoms with Crippen molar-refractivity contribution in [1.82, 2.24) is 4.98 Å². The number of nitrogens with one attached hydrogen (secondary N) is 1. The monoisotopic (exact) mass is 239 g/mol. The van der Waals surface area contributed by atoms with Gasteiger partial charge in [0, 0.05) is 6.07 Å². The van der Waals surface area contributed by atoms with Crippen LogP contribution in [-0.4, -0.2) is 16.1 Å². The molecule has 6 heteroatoms. The number of rotatable bonds is 1. The molecule has 17 heavy (non-hydrogen) atoms. The number of pyridine rings is 1. The zero-order chi connectivity index (χ0) is 12.7. The molecule has 0 amide bonds. The molecule has 1 aromatic carbocycles. The van der Waals surface area contributed by atoms with Gasteiger partial charge >= 0.3 is 5.97 Å². The van der Waals surface area contributed by atoms with E-state index in [0.717, 1.165) is 12.1 Å². The maximum absolute atomic E-state index is 13.6. The molecule has 88 valence electrons. The maximum Gasteiger partial charge on any atom is 0.352 e. The molecule has 0 aliphatic heterocycles. The average Bonchev–Trinajstić information content (AvgIpc) is 2.25. The van der Waals surface area contributed by atoms with E-state index in [2.05, 4.69) is 4.98 Å². The van der Waals surface area contributed by atoms with Gasteiger partial charge in [-0.15, -0.1) is 0 Å². The van der Waals surface area contributed by atoms with Crippen molar-refractivity contribution in [3.8, 4) is 0 Å². The molecule has 2 rings (SSSR count). The number of hydrogen-bond acceptors (Lipinski definition) is 2. The molecule has 0 radical (unpaired) electrons. The van der Waals surface area contributed by atoms with Crippen LogP contribution in [0.5, 0.6) is 0 Å². The predicted molar refractivity (Wildman–Crippen MR) is 56.2 cm³/mol. The van der Waals surface area contributed by atoms with Crippen LogP contribution in [0.15, 0.2) is 16.9 Å². The van der Waals surface area contributed by atoms with Gasteiger partial charge < -0.3 is 10.1 Å². The van der Waals surface area contributed by atoms with Crippen molar-refractivity contribution in [3.63, 3.8) is 0 Å². The summed E-state index contributed by atoms with van der Waals surface area (Å²) in [6.07, 6.45) is 0.